The van der Waals surface area contributed by atoms with Gasteiger partial charge in [0.25, 0.3) is 0 Å². The fourth-order valence-corrected chi connectivity index (χ4v) is 3.30. The van der Waals surface area contributed by atoms with Crippen LogP contribution in [0.2, 0.25) is 0 Å². The second-order valence-corrected chi connectivity index (χ2v) is 6.76. The fraction of sp³-hybridized carbons (Fsp3) is 0.650. The summed E-state index contributed by atoms with van der Waals surface area (Å²) in [5, 5.41) is 6.87. The van der Waals surface area contributed by atoms with Crippen molar-refractivity contribution in [1.29, 1.82) is 0 Å². The molecule has 7 heteroatoms. The Kier molecular flexibility index (Phi) is 11.9. The normalized spacial score (nSPS) is 17.3. The molecule has 5 nitrogen and oxygen atoms in total. The van der Waals surface area contributed by atoms with Crippen LogP contribution in [-0.2, 0) is 4.74 Å². The molecule has 27 heavy (non-hydrogen) atoms. The van der Waals surface area contributed by atoms with Crippen molar-refractivity contribution in [2.75, 3.05) is 39.8 Å². The topological polar surface area (TPSA) is 48.9 Å². The monoisotopic (exact) mass is 492 g/mol. The van der Waals surface area contributed by atoms with Crippen LogP contribution in [0.1, 0.15) is 44.8 Å². The van der Waals surface area contributed by atoms with E-state index in [4.69, 9.17) is 9.73 Å². The van der Waals surface area contributed by atoms with Crippen molar-refractivity contribution in [3.63, 3.8) is 0 Å². The molecule has 0 amide bonds. The Bertz CT molecular complexity index is 547. The van der Waals surface area contributed by atoms with Crippen LogP contribution < -0.4 is 10.6 Å². The zero-order chi connectivity index (χ0) is 18.8. The number of hydrogen-bond donors (Lipinski definition) is 2. The van der Waals surface area contributed by atoms with Gasteiger partial charge in [-0.3, -0.25) is 4.99 Å². The second kappa shape index (κ2) is 13.3. The first-order valence-electron chi connectivity index (χ1n) is 9.71. The van der Waals surface area contributed by atoms with Gasteiger partial charge in [0.2, 0.25) is 0 Å². The maximum atomic E-state index is 13.1. The van der Waals surface area contributed by atoms with Gasteiger partial charge in [-0.05, 0) is 50.4 Å². The highest BCUT2D eigenvalue weighted by Gasteiger charge is 2.19. The summed E-state index contributed by atoms with van der Waals surface area (Å²) in [5.41, 5.74) is 0.932. The molecule has 0 saturated carbocycles. The lowest BCUT2D eigenvalue weighted by molar-refractivity contribution is 0.110. The first kappa shape index (κ1) is 24.1. The third-order valence-electron chi connectivity index (χ3n) is 4.75. The summed E-state index contributed by atoms with van der Waals surface area (Å²) in [4.78, 5) is 7.22. The van der Waals surface area contributed by atoms with Gasteiger partial charge in [0, 0.05) is 32.8 Å². The summed E-state index contributed by atoms with van der Waals surface area (Å²) in [5.74, 6) is 0.585. The van der Waals surface area contributed by atoms with E-state index in [0.29, 0.717) is 12.6 Å². The molecule has 1 aromatic carbocycles. The standard InChI is InChI=1S/C20H33FN4O.HI/c1-4-12-25-13-10-18(11-14-25)24-20(22-5-2)23-15-19(26-3)16-6-8-17(21)9-7-16;/h6-9,18-19H,4-5,10-15H2,1-3H3,(H2,22,23,24);1H. The van der Waals surface area contributed by atoms with Gasteiger partial charge in [-0.15, -0.1) is 24.0 Å². The molecule has 1 aromatic rings. The lowest BCUT2D eigenvalue weighted by atomic mass is 10.1. The molecule has 0 aliphatic carbocycles. The van der Waals surface area contributed by atoms with Crippen molar-refractivity contribution in [1.82, 2.24) is 15.5 Å². The van der Waals surface area contributed by atoms with Crippen molar-refractivity contribution in [3.05, 3.63) is 35.6 Å². The van der Waals surface area contributed by atoms with Gasteiger partial charge in [-0.2, -0.15) is 0 Å². The van der Waals surface area contributed by atoms with Crippen LogP contribution in [0.4, 0.5) is 4.39 Å². The number of nitrogens with one attached hydrogen (secondary N) is 2. The van der Waals surface area contributed by atoms with Crippen LogP contribution in [0.25, 0.3) is 0 Å². The van der Waals surface area contributed by atoms with E-state index in [1.807, 2.05) is 0 Å². The molecule has 2 rings (SSSR count). The summed E-state index contributed by atoms with van der Waals surface area (Å²) >= 11 is 0. The molecule has 1 unspecified atom stereocenters. The second-order valence-electron chi connectivity index (χ2n) is 6.76. The lowest BCUT2D eigenvalue weighted by Crippen LogP contribution is -2.48. The highest BCUT2D eigenvalue weighted by Crippen LogP contribution is 2.17. The Labute approximate surface area is 180 Å². The van der Waals surface area contributed by atoms with Crippen molar-refractivity contribution >= 4 is 29.9 Å². The van der Waals surface area contributed by atoms with Crippen LogP contribution in [0.3, 0.4) is 0 Å². The molecule has 1 saturated heterocycles. The van der Waals surface area contributed by atoms with E-state index in [1.54, 1.807) is 19.2 Å². The van der Waals surface area contributed by atoms with E-state index in [9.17, 15) is 4.39 Å². The number of piperidine rings is 1. The molecule has 1 aliphatic rings. The Morgan fingerprint density at radius 1 is 1.26 bits per heavy atom. The highest BCUT2D eigenvalue weighted by molar-refractivity contribution is 14.0. The van der Waals surface area contributed by atoms with Gasteiger partial charge >= 0.3 is 0 Å². The maximum Gasteiger partial charge on any atom is 0.191 e. The average Bonchev–Trinajstić information content (AvgIpc) is 2.65. The Morgan fingerprint density at radius 3 is 2.48 bits per heavy atom. The number of guanidine groups is 1. The summed E-state index contributed by atoms with van der Waals surface area (Å²) in [6.45, 7) is 9.07. The molecular weight excluding hydrogens is 458 g/mol. The predicted octanol–water partition coefficient (Wildman–Crippen LogP) is 3.56. The van der Waals surface area contributed by atoms with E-state index >= 15 is 0 Å². The number of rotatable bonds is 8. The van der Waals surface area contributed by atoms with E-state index in [2.05, 4.69) is 29.4 Å². The number of likely N-dealkylation sites (tertiary alicyclic amines) is 1. The van der Waals surface area contributed by atoms with Gasteiger partial charge in [0.05, 0.1) is 6.54 Å². The lowest BCUT2D eigenvalue weighted by Gasteiger charge is -2.32. The van der Waals surface area contributed by atoms with E-state index < -0.39 is 0 Å². The molecule has 0 aromatic heterocycles. The van der Waals surface area contributed by atoms with Crippen LogP contribution in [-0.4, -0.2) is 56.7 Å². The Morgan fingerprint density at radius 2 is 1.93 bits per heavy atom. The quantitative estimate of drug-likeness (QED) is 0.331. The van der Waals surface area contributed by atoms with E-state index in [1.165, 1.54) is 25.1 Å². The molecule has 1 atom stereocenters. The van der Waals surface area contributed by atoms with Crippen LogP contribution in [0, 0.1) is 5.82 Å². The van der Waals surface area contributed by atoms with Gasteiger partial charge in [-0.25, -0.2) is 4.39 Å². The van der Waals surface area contributed by atoms with Crippen molar-refractivity contribution in [3.8, 4) is 0 Å². The number of nitrogens with zero attached hydrogens (tertiary/aromatic N) is 2. The first-order valence-corrected chi connectivity index (χ1v) is 9.71. The summed E-state index contributed by atoms with van der Waals surface area (Å²) < 4.78 is 18.7. The molecule has 1 heterocycles. The minimum atomic E-state index is -0.239. The number of methoxy groups -OCH3 is 1. The Balaban J connectivity index is 0.00000364. The number of halogens is 2. The molecule has 154 valence electrons. The van der Waals surface area contributed by atoms with Gasteiger partial charge in [-0.1, -0.05) is 19.1 Å². The Hall–Kier alpha value is -0.930. The van der Waals surface area contributed by atoms with Crippen LogP contribution >= 0.6 is 24.0 Å². The maximum absolute atomic E-state index is 13.1. The van der Waals surface area contributed by atoms with Gasteiger partial charge < -0.3 is 20.3 Å². The largest absolute Gasteiger partial charge is 0.375 e. The highest BCUT2D eigenvalue weighted by atomic mass is 127. The minimum absolute atomic E-state index is 0. The number of ether oxygens (including phenoxy) is 1. The third-order valence-corrected chi connectivity index (χ3v) is 4.75. The molecular formula is C20H34FIN4O. The minimum Gasteiger partial charge on any atom is -0.375 e. The summed E-state index contributed by atoms with van der Waals surface area (Å²) in [7, 11) is 1.66. The van der Waals surface area contributed by atoms with Crippen LogP contribution in [0.5, 0.6) is 0 Å². The average molecular weight is 492 g/mol. The summed E-state index contributed by atoms with van der Waals surface area (Å²) in [6, 6.07) is 6.87. The summed E-state index contributed by atoms with van der Waals surface area (Å²) in [6.07, 6.45) is 3.30. The van der Waals surface area contributed by atoms with E-state index in [-0.39, 0.29) is 35.9 Å². The predicted molar refractivity (Wildman–Crippen MR) is 120 cm³/mol. The number of hydrogen-bond acceptors (Lipinski definition) is 3. The van der Waals surface area contributed by atoms with Gasteiger partial charge in [0.15, 0.2) is 5.96 Å². The molecule has 0 spiro atoms. The molecule has 0 radical (unpaired) electrons. The van der Waals surface area contributed by atoms with Gasteiger partial charge in [0.1, 0.15) is 11.9 Å². The zero-order valence-corrected chi connectivity index (χ0v) is 19.0. The number of benzene rings is 1. The molecule has 0 bridgehead atoms. The van der Waals surface area contributed by atoms with Crippen molar-refractivity contribution < 1.29 is 9.13 Å². The fourth-order valence-electron chi connectivity index (χ4n) is 3.30. The first-order chi connectivity index (χ1) is 12.7. The molecule has 2 N–H and O–H groups in total. The molecule has 1 aliphatic heterocycles. The smallest absolute Gasteiger partial charge is 0.191 e. The third kappa shape index (κ3) is 8.31. The zero-order valence-electron chi connectivity index (χ0n) is 16.7. The molecule has 1 fully saturated rings. The van der Waals surface area contributed by atoms with Crippen molar-refractivity contribution in [2.24, 2.45) is 4.99 Å². The van der Waals surface area contributed by atoms with Crippen LogP contribution in [0.15, 0.2) is 29.3 Å². The van der Waals surface area contributed by atoms with E-state index in [0.717, 1.165) is 44.0 Å². The van der Waals surface area contributed by atoms with Crippen molar-refractivity contribution in [2.45, 2.75) is 45.3 Å². The number of aliphatic imine (C=N–C) groups is 1. The SMILES string of the molecule is CCCN1CCC(NC(=NCC(OC)c2ccc(F)cc2)NCC)CC1.I.